The van der Waals surface area contributed by atoms with Crippen LogP contribution in [0, 0.1) is 0 Å². The molecular weight excluding hydrogens is 829 g/mol. The number of H-pyrrole nitrogens is 2. The Balaban J connectivity index is 1.26. The average Bonchev–Trinajstić information content (AvgIpc) is 4.05. The van der Waals surface area contributed by atoms with E-state index in [0.29, 0.717) is 128 Å². The number of nitrogens with zero attached hydrogens (tertiary/aromatic N) is 6. The summed E-state index contributed by atoms with van der Waals surface area (Å²) < 4.78 is 48.2. The molecule has 0 aliphatic carbocycles. The minimum atomic E-state index is 0.286. The highest BCUT2D eigenvalue weighted by molar-refractivity contribution is 6.07. The summed E-state index contributed by atoms with van der Waals surface area (Å²) in [6.07, 6.45) is 2.60. The molecule has 16 heteroatoms. The number of hydrogen-bond acceptors (Lipinski definition) is 14. The summed E-state index contributed by atoms with van der Waals surface area (Å²) in [6, 6.07) is 21.5. The first-order valence-corrected chi connectivity index (χ1v) is 22.4. The van der Waals surface area contributed by atoms with Crippen molar-refractivity contribution in [2.75, 3.05) is 72.7 Å². The second kappa shape index (κ2) is 19.1. The first kappa shape index (κ1) is 42.1. The first-order valence-electron chi connectivity index (χ1n) is 22.4. The molecule has 7 aromatic rings. The Kier molecular flexibility index (Phi) is 12.4. The van der Waals surface area contributed by atoms with Gasteiger partial charge in [0, 0.05) is 43.8 Å². The van der Waals surface area contributed by atoms with E-state index in [4.69, 9.17) is 67.8 Å². The summed E-state index contributed by atoms with van der Waals surface area (Å²) in [5.74, 6) is 5.00. The molecule has 10 rings (SSSR count). The Bertz CT molecular complexity index is 3040. The Morgan fingerprint density at radius 1 is 0.400 bits per heavy atom. The highest BCUT2D eigenvalue weighted by Crippen LogP contribution is 2.41. The van der Waals surface area contributed by atoms with Gasteiger partial charge in [-0.25, -0.2) is 29.9 Å². The average molecular weight is 879 g/mol. The van der Waals surface area contributed by atoms with Crippen molar-refractivity contribution in [2.45, 2.75) is 40.0 Å². The van der Waals surface area contributed by atoms with Crippen molar-refractivity contribution >= 4 is 44.1 Å². The second-order valence-corrected chi connectivity index (χ2v) is 15.7. The minimum Gasteiger partial charge on any atom is -0.494 e. The van der Waals surface area contributed by atoms with Gasteiger partial charge >= 0.3 is 0 Å². The van der Waals surface area contributed by atoms with E-state index in [0.717, 1.165) is 68.8 Å². The summed E-state index contributed by atoms with van der Waals surface area (Å²) in [4.78, 5) is 38.2. The molecule has 0 radical (unpaired) electrons. The van der Waals surface area contributed by atoms with Crippen LogP contribution in [0.15, 0.2) is 66.7 Å². The molecule has 4 aromatic carbocycles. The lowest BCUT2D eigenvalue weighted by Crippen LogP contribution is -2.13. The van der Waals surface area contributed by atoms with Gasteiger partial charge < -0.3 is 47.9 Å². The molecule has 2 N–H and O–H groups in total. The van der Waals surface area contributed by atoms with Crippen molar-refractivity contribution in [3.05, 3.63) is 66.7 Å². The van der Waals surface area contributed by atoms with E-state index in [1.807, 2.05) is 66.7 Å². The van der Waals surface area contributed by atoms with Gasteiger partial charge in [-0.2, -0.15) is 0 Å². The maximum Gasteiger partial charge on any atom is 0.164 e. The van der Waals surface area contributed by atoms with E-state index in [-0.39, 0.29) is 13.2 Å². The summed E-state index contributed by atoms with van der Waals surface area (Å²) in [6.45, 7) is 11.1. The number of rotatable bonds is 9. The lowest BCUT2D eigenvalue weighted by molar-refractivity contribution is 0.00708. The molecule has 16 nitrogen and oxygen atoms in total. The van der Waals surface area contributed by atoms with Gasteiger partial charge in [0.15, 0.2) is 34.8 Å². The lowest BCUT2D eigenvalue weighted by atomic mass is 10.1. The molecule has 0 atom stereocenters. The third-order valence-electron chi connectivity index (χ3n) is 10.9. The van der Waals surface area contributed by atoms with Gasteiger partial charge in [0.2, 0.25) is 0 Å². The molecule has 0 saturated carbocycles. The molecule has 3 aliphatic heterocycles. The van der Waals surface area contributed by atoms with Crippen molar-refractivity contribution < 1.29 is 37.9 Å². The van der Waals surface area contributed by atoms with Gasteiger partial charge in [-0.15, -0.1) is 0 Å². The van der Waals surface area contributed by atoms with Crippen LogP contribution in [0.3, 0.4) is 0 Å². The minimum absolute atomic E-state index is 0.286. The number of benzene rings is 4. The normalized spacial score (nSPS) is 14.3. The van der Waals surface area contributed by atoms with Crippen molar-refractivity contribution in [1.29, 1.82) is 0 Å². The third kappa shape index (κ3) is 8.84. The number of aromatic nitrogens is 8. The van der Waals surface area contributed by atoms with Gasteiger partial charge in [-0.3, -0.25) is 0 Å². The van der Waals surface area contributed by atoms with Crippen LogP contribution in [0.5, 0.6) is 28.7 Å². The third-order valence-corrected chi connectivity index (χ3v) is 10.9. The summed E-state index contributed by atoms with van der Waals surface area (Å²) in [5.41, 5.74) is 5.25. The maximum absolute atomic E-state index is 6.35. The quantitative estimate of drug-likeness (QED) is 0.140. The Labute approximate surface area is 374 Å². The second-order valence-electron chi connectivity index (χ2n) is 15.7. The Hall–Kier alpha value is -6.88. The molecule has 334 valence electrons. The molecule has 0 fully saturated rings. The van der Waals surface area contributed by atoms with Crippen molar-refractivity contribution in [2.24, 2.45) is 0 Å². The number of fused-ring (bicyclic) bond motifs is 21. The number of hydrogen-bond donors (Lipinski definition) is 2. The smallest absolute Gasteiger partial charge is 0.164 e. The Morgan fingerprint density at radius 2 is 0.769 bits per heavy atom. The fourth-order valence-corrected chi connectivity index (χ4v) is 7.85. The molecule has 3 aromatic heterocycles. The van der Waals surface area contributed by atoms with Gasteiger partial charge in [0.25, 0.3) is 0 Å². The number of aromatic amines is 2. The molecular formula is C49H50N8O8. The predicted molar refractivity (Wildman–Crippen MR) is 247 cm³/mol. The fraction of sp³-hybridized carbons (Fsp3) is 0.347. The van der Waals surface area contributed by atoms with E-state index >= 15 is 0 Å². The standard InChI is InChI=1S/C49H50N8O8/c1-4-13-61-29-7-10-32-35(24-29)45-50-42(32)51-46-36-25-30(62-14-5-2)8-11-33(36)44(53-46)55-48-38-27-40-41(65-23-21-60-19-17-58-16-18-59-20-22-64-40)28-39(38)49(57-48)56-47-37-26-31(63-15-6-3)9-12-34(37)43(52-45)54-47/h7-12,24-28H,4-6,13-23H2,1-3H3,(H2,50,51,52,53,54,55,56,57). The Morgan fingerprint density at radius 3 is 1.22 bits per heavy atom. The molecule has 0 spiro atoms. The fourth-order valence-electron chi connectivity index (χ4n) is 7.85. The van der Waals surface area contributed by atoms with Gasteiger partial charge in [0.1, 0.15) is 53.1 Å². The first-order chi connectivity index (χ1) is 32.1. The molecule has 0 amide bonds. The van der Waals surface area contributed by atoms with Crippen LogP contribution in [-0.4, -0.2) is 113 Å². The summed E-state index contributed by atoms with van der Waals surface area (Å²) in [5, 5.41) is 3.10. The van der Waals surface area contributed by atoms with Crippen molar-refractivity contribution in [1.82, 2.24) is 39.9 Å². The van der Waals surface area contributed by atoms with Gasteiger partial charge in [0.05, 0.1) is 59.5 Å². The molecule has 65 heavy (non-hydrogen) atoms. The van der Waals surface area contributed by atoms with E-state index in [1.165, 1.54) is 0 Å². The van der Waals surface area contributed by atoms with E-state index in [2.05, 4.69) is 30.7 Å². The number of ether oxygens (including phenoxy) is 8. The summed E-state index contributed by atoms with van der Waals surface area (Å²) in [7, 11) is 0. The van der Waals surface area contributed by atoms with Crippen LogP contribution in [0.1, 0.15) is 40.0 Å². The molecule has 8 bridgehead atoms. The van der Waals surface area contributed by atoms with Crippen molar-refractivity contribution in [3.63, 3.8) is 0 Å². The van der Waals surface area contributed by atoms with Crippen LogP contribution >= 0.6 is 0 Å². The maximum atomic E-state index is 6.35. The largest absolute Gasteiger partial charge is 0.494 e. The van der Waals surface area contributed by atoms with Crippen molar-refractivity contribution in [3.8, 4) is 74.3 Å². The van der Waals surface area contributed by atoms with E-state index in [9.17, 15) is 0 Å². The molecule has 6 heterocycles. The zero-order valence-corrected chi connectivity index (χ0v) is 36.7. The SMILES string of the molecule is CCCOc1ccc2c(c1)-c1nc-2nc2[nH]c(nc3nc(nc4[nH]c(n1)c1ccc(OCCC)cc41)-c1ccc(OCCC)cc1-3)c1cc3c(cc21)OCCOCCOCCOCCO3. The van der Waals surface area contributed by atoms with Crippen LogP contribution < -0.4 is 23.7 Å². The van der Waals surface area contributed by atoms with E-state index < -0.39 is 0 Å². The van der Waals surface area contributed by atoms with Crippen LogP contribution in [0.25, 0.3) is 89.7 Å². The molecule has 0 unspecified atom stereocenters. The zero-order valence-electron chi connectivity index (χ0n) is 36.7. The predicted octanol–water partition coefficient (Wildman–Crippen LogP) is 9.06. The zero-order chi connectivity index (χ0) is 44.1. The lowest BCUT2D eigenvalue weighted by Gasteiger charge is -2.13. The van der Waals surface area contributed by atoms with Crippen LogP contribution in [0.2, 0.25) is 0 Å². The topological polar surface area (TPSA) is 183 Å². The highest BCUT2D eigenvalue weighted by Gasteiger charge is 2.24. The monoisotopic (exact) mass is 878 g/mol. The van der Waals surface area contributed by atoms with Crippen LogP contribution in [-0.2, 0) is 14.2 Å². The van der Waals surface area contributed by atoms with Gasteiger partial charge in [-0.1, -0.05) is 20.8 Å². The summed E-state index contributed by atoms with van der Waals surface area (Å²) >= 11 is 0. The highest BCUT2D eigenvalue weighted by atomic mass is 16.6. The van der Waals surface area contributed by atoms with Gasteiger partial charge in [-0.05, 0) is 86.0 Å². The number of nitrogens with one attached hydrogen (secondary N) is 2. The molecule has 3 aliphatic rings. The van der Waals surface area contributed by atoms with Crippen LogP contribution in [0.4, 0.5) is 0 Å². The van der Waals surface area contributed by atoms with E-state index in [1.54, 1.807) is 0 Å². The molecule has 0 saturated heterocycles.